The first-order chi connectivity index (χ1) is 19.0. The Labute approximate surface area is 228 Å². The Bertz CT molecular complexity index is 1580. The van der Waals surface area contributed by atoms with Gasteiger partial charge in [0.05, 0.1) is 22.7 Å². The average Bonchev–Trinajstić information content (AvgIpc) is 3.25. The van der Waals surface area contributed by atoms with E-state index in [9.17, 15) is 32.5 Å². The normalized spacial score (nSPS) is 16.5. The standard InChI is InChI=1S/C26H18ClF4N5O4/c27-22-23(34-35-21(26(29,30)31)13-20(33-24(22)35)14-4-2-1-3-5-14)25(37)32-16-10-17(36(38)39)12-19(11-16)40-18-8-6-15(28)7-9-18/h1-12,20-21,33H,13H2,(H,32,37)/t20-,21-/m1/s1. The molecule has 1 aliphatic heterocycles. The van der Waals surface area contributed by atoms with Crippen molar-refractivity contribution in [3.05, 3.63) is 105 Å². The van der Waals surface area contributed by atoms with E-state index in [1.54, 1.807) is 30.3 Å². The lowest BCUT2D eigenvalue weighted by atomic mass is 9.97. The van der Waals surface area contributed by atoms with E-state index in [2.05, 4.69) is 15.7 Å². The van der Waals surface area contributed by atoms with Gasteiger partial charge in [-0.25, -0.2) is 9.07 Å². The maximum atomic E-state index is 14.0. The number of non-ortho nitro benzene ring substituents is 1. The van der Waals surface area contributed by atoms with Gasteiger partial charge in [-0.1, -0.05) is 41.9 Å². The van der Waals surface area contributed by atoms with Crippen LogP contribution in [-0.2, 0) is 0 Å². The number of alkyl halides is 3. The summed E-state index contributed by atoms with van der Waals surface area (Å²) in [5.41, 5.74) is -0.480. The number of amides is 1. The number of nitrogens with one attached hydrogen (secondary N) is 2. The van der Waals surface area contributed by atoms with E-state index in [-0.39, 0.29) is 28.0 Å². The van der Waals surface area contributed by atoms with Gasteiger partial charge in [-0.2, -0.15) is 18.3 Å². The predicted octanol–water partition coefficient (Wildman–Crippen LogP) is 7.29. The van der Waals surface area contributed by atoms with Gasteiger partial charge in [0.25, 0.3) is 11.6 Å². The van der Waals surface area contributed by atoms with E-state index < -0.39 is 52.7 Å². The molecule has 40 heavy (non-hydrogen) atoms. The molecule has 206 valence electrons. The van der Waals surface area contributed by atoms with Crippen molar-refractivity contribution < 1.29 is 32.0 Å². The van der Waals surface area contributed by atoms with E-state index in [0.717, 1.165) is 24.3 Å². The fourth-order valence-electron chi connectivity index (χ4n) is 4.29. The van der Waals surface area contributed by atoms with Gasteiger partial charge >= 0.3 is 6.18 Å². The second-order valence-electron chi connectivity index (χ2n) is 8.84. The number of hydrogen-bond donors (Lipinski definition) is 2. The number of carbonyl (C=O) groups is 1. The molecule has 2 heterocycles. The van der Waals surface area contributed by atoms with E-state index >= 15 is 0 Å². The number of fused-ring (bicyclic) bond motifs is 1. The van der Waals surface area contributed by atoms with Crippen LogP contribution in [0.3, 0.4) is 0 Å². The molecule has 0 saturated heterocycles. The molecule has 0 bridgehead atoms. The number of nitro groups is 1. The first kappa shape index (κ1) is 26.9. The monoisotopic (exact) mass is 575 g/mol. The summed E-state index contributed by atoms with van der Waals surface area (Å²) in [6, 6.07) is 13.9. The number of nitrogens with zero attached hydrogens (tertiary/aromatic N) is 3. The maximum absolute atomic E-state index is 14.0. The summed E-state index contributed by atoms with van der Waals surface area (Å²) in [7, 11) is 0. The third kappa shape index (κ3) is 5.54. The van der Waals surface area contributed by atoms with E-state index in [4.69, 9.17) is 16.3 Å². The lowest BCUT2D eigenvalue weighted by Crippen LogP contribution is -2.35. The zero-order valence-electron chi connectivity index (χ0n) is 20.2. The zero-order chi connectivity index (χ0) is 28.6. The van der Waals surface area contributed by atoms with Crippen LogP contribution >= 0.6 is 11.6 Å². The van der Waals surface area contributed by atoms with Crippen molar-refractivity contribution >= 4 is 34.7 Å². The van der Waals surface area contributed by atoms with Gasteiger partial charge in [0.15, 0.2) is 11.7 Å². The van der Waals surface area contributed by atoms with Gasteiger partial charge in [0.1, 0.15) is 28.2 Å². The number of ether oxygens (including phenoxy) is 1. The van der Waals surface area contributed by atoms with Crippen molar-refractivity contribution in [3.63, 3.8) is 0 Å². The maximum Gasteiger partial charge on any atom is 0.410 e. The van der Waals surface area contributed by atoms with Crippen LogP contribution in [0.4, 0.5) is 34.8 Å². The average molecular weight is 576 g/mol. The van der Waals surface area contributed by atoms with Crippen molar-refractivity contribution in [2.45, 2.75) is 24.7 Å². The molecule has 14 heteroatoms. The largest absolute Gasteiger partial charge is 0.457 e. The van der Waals surface area contributed by atoms with Crippen LogP contribution < -0.4 is 15.4 Å². The molecule has 1 aliphatic rings. The summed E-state index contributed by atoms with van der Waals surface area (Å²) in [5.74, 6) is -1.60. The number of halogens is 5. The van der Waals surface area contributed by atoms with Crippen LogP contribution in [0, 0.1) is 15.9 Å². The number of rotatable bonds is 6. The van der Waals surface area contributed by atoms with Gasteiger partial charge in [-0.05, 0) is 29.8 Å². The second-order valence-corrected chi connectivity index (χ2v) is 9.22. The highest BCUT2D eigenvalue weighted by atomic mass is 35.5. The number of nitro benzene ring substituents is 1. The van der Waals surface area contributed by atoms with Crippen LogP contribution in [-0.4, -0.2) is 26.8 Å². The highest BCUT2D eigenvalue weighted by Crippen LogP contribution is 2.46. The van der Waals surface area contributed by atoms with E-state index in [1.807, 2.05) is 0 Å². The summed E-state index contributed by atoms with van der Waals surface area (Å²) in [6.07, 6.45) is -5.09. The highest BCUT2D eigenvalue weighted by molar-refractivity contribution is 6.36. The molecular weight excluding hydrogens is 558 g/mol. The van der Waals surface area contributed by atoms with Crippen molar-refractivity contribution in [3.8, 4) is 11.5 Å². The fourth-order valence-corrected chi connectivity index (χ4v) is 4.55. The fraction of sp³-hybridized carbons (Fsp3) is 0.154. The lowest BCUT2D eigenvalue weighted by Gasteiger charge is -2.33. The summed E-state index contributed by atoms with van der Waals surface area (Å²) in [4.78, 5) is 23.8. The minimum absolute atomic E-state index is 0.0594. The number of aromatic nitrogens is 2. The molecule has 0 aliphatic carbocycles. The SMILES string of the molecule is O=C(Nc1cc(Oc2ccc(F)cc2)cc([N+](=O)[O-])c1)c1nn2c(c1Cl)N[C@@H](c1ccccc1)C[C@@H]2C(F)(F)F. The van der Waals surface area contributed by atoms with Crippen molar-refractivity contribution in [2.24, 2.45) is 0 Å². The molecule has 9 nitrogen and oxygen atoms in total. The van der Waals surface area contributed by atoms with E-state index in [0.29, 0.717) is 10.2 Å². The van der Waals surface area contributed by atoms with Gasteiger partial charge in [0.2, 0.25) is 0 Å². The first-order valence-electron chi connectivity index (χ1n) is 11.7. The van der Waals surface area contributed by atoms with Gasteiger partial charge in [0, 0.05) is 18.6 Å². The molecule has 1 aromatic heterocycles. The minimum atomic E-state index is -4.69. The Kier molecular flexibility index (Phi) is 7.06. The third-order valence-corrected chi connectivity index (χ3v) is 6.48. The minimum Gasteiger partial charge on any atom is -0.457 e. The number of carbonyl (C=O) groups excluding carboxylic acids is 1. The summed E-state index contributed by atoms with van der Waals surface area (Å²) >= 11 is 6.37. The van der Waals surface area contributed by atoms with Crippen LogP contribution in [0.5, 0.6) is 11.5 Å². The predicted molar refractivity (Wildman–Crippen MR) is 137 cm³/mol. The number of benzene rings is 3. The lowest BCUT2D eigenvalue weighted by molar-refractivity contribution is -0.384. The van der Waals surface area contributed by atoms with Gasteiger partial charge in [-0.15, -0.1) is 0 Å². The van der Waals surface area contributed by atoms with Gasteiger partial charge < -0.3 is 15.4 Å². The molecule has 0 unspecified atom stereocenters. The van der Waals surface area contributed by atoms with Crippen molar-refractivity contribution in [2.75, 3.05) is 10.6 Å². The first-order valence-corrected chi connectivity index (χ1v) is 12.1. The van der Waals surface area contributed by atoms with Gasteiger partial charge in [-0.3, -0.25) is 14.9 Å². The number of anilines is 2. The summed E-state index contributed by atoms with van der Waals surface area (Å²) in [6.45, 7) is 0. The molecular formula is C26H18ClF4N5O4. The zero-order valence-corrected chi connectivity index (χ0v) is 20.9. The third-order valence-electron chi connectivity index (χ3n) is 6.12. The highest BCUT2D eigenvalue weighted by Gasteiger charge is 2.47. The van der Waals surface area contributed by atoms with E-state index in [1.165, 1.54) is 18.2 Å². The quantitative estimate of drug-likeness (QED) is 0.142. The molecule has 5 rings (SSSR count). The Hall–Kier alpha value is -4.65. The molecule has 0 saturated carbocycles. The topological polar surface area (TPSA) is 111 Å². The second kappa shape index (κ2) is 10.5. The molecule has 0 fully saturated rings. The number of hydrogen-bond acceptors (Lipinski definition) is 6. The Morgan fingerprint density at radius 2 is 1.80 bits per heavy atom. The molecule has 2 N–H and O–H groups in total. The molecule has 0 radical (unpaired) electrons. The smallest absolute Gasteiger partial charge is 0.410 e. The molecule has 0 spiro atoms. The van der Waals surface area contributed by atoms with Crippen LogP contribution in [0.25, 0.3) is 0 Å². The molecule has 1 amide bonds. The van der Waals surface area contributed by atoms with Crippen LogP contribution in [0.1, 0.15) is 34.6 Å². The molecule has 2 atom stereocenters. The Morgan fingerprint density at radius 1 is 1.10 bits per heavy atom. The van der Waals surface area contributed by atoms with Crippen molar-refractivity contribution in [1.29, 1.82) is 0 Å². The summed E-state index contributed by atoms with van der Waals surface area (Å²) in [5, 5.41) is 20.3. The van der Waals surface area contributed by atoms with Crippen LogP contribution in [0.2, 0.25) is 5.02 Å². The van der Waals surface area contributed by atoms with Crippen LogP contribution in [0.15, 0.2) is 72.8 Å². The summed E-state index contributed by atoms with van der Waals surface area (Å²) < 4.78 is 61.5. The Balaban J connectivity index is 1.46. The molecule has 4 aromatic rings. The Morgan fingerprint density at radius 3 is 2.45 bits per heavy atom. The molecule has 3 aromatic carbocycles. The van der Waals surface area contributed by atoms with Crippen molar-refractivity contribution in [1.82, 2.24) is 9.78 Å².